The van der Waals surface area contributed by atoms with E-state index in [4.69, 9.17) is 5.73 Å². The van der Waals surface area contributed by atoms with E-state index in [0.29, 0.717) is 5.82 Å². The van der Waals surface area contributed by atoms with Gasteiger partial charge in [-0.05, 0) is 39.7 Å². The predicted octanol–water partition coefficient (Wildman–Crippen LogP) is 4.92. The van der Waals surface area contributed by atoms with Gasteiger partial charge in [0.15, 0.2) is 0 Å². The molecule has 6 heteroatoms. The number of hydrogen-bond donors (Lipinski definition) is 1. The molecule has 1 aromatic carbocycles. The van der Waals surface area contributed by atoms with Gasteiger partial charge in [0.2, 0.25) is 0 Å². The monoisotopic (exact) mass is 411 g/mol. The summed E-state index contributed by atoms with van der Waals surface area (Å²) in [6, 6.07) is 10.2. The second-order valence-corrected chi connectivity index (χ2v) is 7.58. The number of hydrogen-bond acceptors (Lipinski definition) is 3. The number of benzene rings is 1. The lowest BCUT2D eigenvalue weighted by Gasteiger charge is -2.03. The Morgan fingerprint density at radius 2 is 1.85 bits per heavy atom. The Labute approximate surface area is 137 Å². The number of thiophene rings is 1. The second-order valence-electron chi connectivity index (χ2n) is 4.38. The number of aromatic nitrogens is 2. The Kier molecular flexibility index (Phi) is 3.70. The standard InChI is InChI=1S/C14H11Br2N3S/c1-19-14(17)12(8-2-4-10(15)5-3-8)13(18-19)9-6-11(16)20-7-9/h2-7H,17H2,1H3. The van der Waals surface area contributed by atoms with E-state index in [1.165, 1.54) is 0 Å². The van der Waals surface area contributed by atoms with Crippen molar-refractivity contribution in [3.63, 3.8) is 0 Å². The van der Waals surface area contributed by atoms with Crippen LogP contribution in [0.15, 0.2) is 44.0 Å². The first-order valence-electron chi connectivity index (χ1n) is 5.89. The molecule has 102 valence electrons. The third-order valence-corrected chi connectivity index (χ3v) is 5.10. The van der Waals surface area contributed by atoms with Crippen LogP contribution in [0.5, 0.6) is 0 Å². The highest BCUT2D eigenvalue weighted by Gasteiger charge is 2.18. The van der Waals surface area contributed by atoms with Crippen molar-refractivity contribution in [2.24, 2.45) is 7.05 Å². The predicted molar refractivity (Wildman–Crippen MR) is 91.8 cm³/mol. The topological polar surface area (TPSA) is 43.8 Å². The van der Waals surface area contributed by atoms with Crippen molar-refractivity contribution in [2.75, 3.05) is 5.73 Å². The van der Waals surface area contributed by atoms with Gasteiger partial charge in [0.05, 0.1) is 9.35 Å². The summed E-state index contributed by atoms with van der Waals surface area (Å²) < 4.78 is 3.85. The molecule has 2 heterocycles. The highest BCUT2D eigenvalue weighted by atomic mass is 79.9. The van der Waals surface area contributed by atoms with Gasteiger partial charge in [0.25, 0.3) is 0 Å². The number of anilines is 1. The summed E-state index contributed by atoms with van der Waals surface area (Å²) in [6.07, 6.45) is 0. The number of rotatable bonds is 2. The Hall–Kier alpha value is -1.11. The summed E-state index contributed by atoms with van der Waals surface area (Å²) in [7, 11) is 1.86. The zero-order valence-corrected chi connectivity index (χ0v) is 14.6. The molecule has 3 aromatic rings. The molecule has 3 nitrogen and oxygen atoms in total. The lowest BCUT2D eigenvalue weighted by molar-refractivity contribution is 0.782. The highest BCUT2D eigenvalue weighted by Crippen LogP contribution is 2.38. The minimum absolute atomic E-state index is 0.671. The molecular weight excluding hydrogens is 402 g/mol. The lowest BCUT2D eigenvalue weighted by atomic mass is 10.0. The quantitative estimate of drug-likeness (QED) is 0.648. The second kappa shape index (κ2) is 5.35. The summed E-state index contributed by atoms with van der Waals surface area (Å²) in [6.45, 7) is 0. The summed E-state index contributed by atoms with van der Waals surface area (Å²) in [4.78, 5) is 0. The van der Waals surface area contributed by atoms with Crippen molar-refractivity contribution in [3.8, 4) is 22.4 Å². The summed E-state index contributed by atoms with van der Waals surface area (Å²) in [5.74, 6) is 0.671. The van der Waals surface area contributed by atoms with E-state index >= 15 is 0 Å². The number of halogens is 2. The molecule has 0 aliphatic carbocycles. The van der Waals surface area contributed by atoms with Crippen LogP contribution in [-0.4, -0.2) is 9.78 Å². The van der Waals surface area contributed by atoms with Gasteiger partial charge in [-0.3, -0.25) is 4.68 Å². The van der Waals surface area contributed by atoms with Crippen LogP contribution in [0, 0.1) is 0 Å². The molecule has 20 heavy (non-hydrogen) atoms. The van der Waals surface area contributed by atoms with Crippen molar-refractivity contribution < 1.29 is 0 Å². The van der Waals surface area contributed by atoms with Crippen LogP contribution in [0.3, 0.4) is 0 Å². The molecule has 3 rings (SSSR count). The fourth-order valence-electron chi connectivity index (χ4n) is 2.07. The van der Waals surface area contributed by atoms with E-state index in [1.807, 2.05) is 31.3 Å². The molecule has 2 N–H and O–H groups in total. The molecular formula is C14H11Br2N3S. The van der Waals surface area contributed by atoms with E-state index in [2.05, 4.69) is 48.4 Å². The van der Waals surface area contributed by atoms with Gasteiger partial charge in [-0.1, -0.05) is 28.1 Å². The maximum atomic E-state index is 6.20. The van der Waals surface area contributed by atoms with Crippen molar-refractivity contribution in [1.82, 2.24) is 9.78 Å². The number of nitrogens with two attached hydrogens (primary N) is 1. The van der Waals surface area contributed by atoms with Crippen LogP contribution in [0.4, 0.5) is 5.82 Å². The molecule has 0 bridgehead atoms. The van der Waals surface area contributed by atoms with Crippen LogP contribution >= 0.6 is 43.2 Å². The van der Waals surface area contributed by atoms with Gasteiger partial charge >= 0.3 is 0 Å². The number of nitrogen functional groups attached to an aromatic ring is 1. The van der Waals surface area contributed by atoms with Gasteiger partial charge in [0.1, 0.15) is 11.5 Å². The summed E-state index contributed by atoms with van der Waals surface area (Å²) in [5.41, 5.74) is 10.2. The molecule has 0 saturated carbocycles. The Morgan fingerprint density at radius 1 is 1.15 bits per heavy atom. The van der Waals surface area contributed by atoms with Crippen molar-refractivity contribution >= 4 is 49.0 Å². The molecule has 0 unspecified atom stereocenters. The Morgan fingerprint density at radius 3 is 2.45 bits per heavy atom. The molecule has 0 radical (unpaired) electrons. The number of nitrogens with zero attached hydrogens (tertiary/aromatic N) is 2. The first-order valence-corrected chi connectivity index (χ1v) is 8.35. The average molecular weight is 413 g/mol. The zero-order chi connectivity index (χ0) is 14.3. The smallest absolute Gasteiger partial charge is 0.129 e. The molecule has 0 aliphatic rings. The van der Waals surface area contributed by atoms with Gasteiger partial charge in [0, 0.05) is 22.5 Å². The van der Waals surface area contributed by atoms with Gasteiger partial charge < -0.3 is 5.73 Å². The molecule has 0 amide bonds. The summed E-state index contributed by atoms with van der Waals surface area (Å²) >= 11 is 8.58. The third-order valence-electron chi connectivity index (χ3n) is 3.07. The normalized spacial score (nSPS) is 10.9. The van der Waals surface area contributed by atoms with E-state index < -0.39 is 0 Å². The van der Waals surface area contributed by atoms with Gasteiger partial charge in [-0.15, -0.1) is 11.3 Å². The fraction of sp³-hybridized carbons (Fsp3) is 0.0714. The fourth-order valence-corrected chi connectivity index (χ4v) is 3.48. The molecule has 2 aromatic heterocycles. The van der Waals surface area contributed by atoms with E-state index in [-0.39, 0.29) is 0 Å². The molecule has 0 spiro atoms. The van der Waals surface area contributed by atoms with Crippen LogP contribution in [0.2, 0.25) is 0 Å². The average Bonchev–Trinajstić information content (AvgIpc) is 2.97. The van der Waals surface area contributed by atoms with E-state index in [0.717, 1.165) is 30.6 Å². The lowest BCUT2D eigenvalue weighted by Crippen LogP contribution is -1.97. The van der Waals surface area contributed by atoms with Crippen LogP contribution in [-0.2, 0) is 7.05 Å². The Balaban J connectivity index is 2.21. The minimum Gasteiger partial charge on any atom is -0.383 e. The maximum Gasteiger partial charge on any atom is 0.129 e. The highest BCUT2D eigenvalue weighted by molar-refractivity contribution is 9.11. The van der Waals surface area contributed by atoms with Crippen LogP contribution in [0.25, 0.3) is 22.4 Å². The molecule has 0 atom stereocenters. The van der Waals surface area contributed by atoms with E-state index in [9.17, 15) is 0 Å². The molecule has 0 fully saturated rings. The SMILES string of the molecule is Cn1nc(-c2csc(Br)c2)c(-c2ccc(Br)cc2)c1N. The molecule has 0 aliphatic heterocycles. The van der Waals surface area contributed by atoms with Crippen molar-refractivity contribution in [3.05, 3.63) is 44.0 Å². The van der Waals surface area contributed by atoms with Crippen LogP contribution < -0.4 is 5.73 Å². The van der Waals surface area contributed by atoms with Crippen LogP contribution in [0.1, 0.15) is 0 Å². The first kappa shape index (κ1) is 13.9. The number of aryl methyl sites for hydroxylation is 1. The summed E-state index contributed by atoms with van der Waals surface area (Å²) in [5, 5.41) is 6.64. The minimum atomic E-state index is 0.671. The van der Waals surface area contributed by atoms with Gasteiger partial charge in [-0.25, -0.2) is 0 Å². The molecule has 0 saturated heterocycles. The largest absolute Gasteiger partial charge is 0.383 e. The van der Waals surface area contributed by atoms with Crippen molar-refractivity contribution in [1.29, 1.82) is 0 Å². The maximum absolute atomic E-state index is 6.20. The van der Waals surface area contributed by atoms with Gasteiger partial charge in [-0.2, -0.15) is 5.10 Å². The van der Waals surface area contributed by atoms with E-state index in [1.54, 1.807) is 16.0 Å². The Bertz CT molecular complexity index is 759. The zero-order valence-electron chi connectivity index (χ0n) is 10.6. The third kappa shape index (κ3) is 2.43. The first-order chi connectivity index (χ1) is 9.56. The van der Waals surface area contributed by atoms with Crippen molar-refractivity contribution in [2.45, 2.75) is 0 Å².